The number of nitro groups is 1. The van der Waals surface area contributed by atoms with Gasteiger partial charge in [0.25, 0.3) is 5.69 Å². The zero-order valence-electron chi connectivity index (χ0n) is 15.5. The highest BCUT2D eigenvalue weighted by atomic mass is 16.6. The molecule has 1 N–H and O–H groups in total. The van der Waals surface area contributed by atoms with E-state index in [1.807, 2.05) is 0 Å². The third-order valence-electron chi connectivity index (χ3n) is 5.03. The first-order chi connectivity index (χ1) is 13.1. The Kier molecular flexibility index (Phi) is 6.01. The van der Waals surface area contributed by atoms with E-state index < -0.39 is 4.92 Å². The summed E-state index contributed by atoms with van der Waals surface area (Å²) in [5, 5.41) is 13.7. The second-order valence-electron chi connectivity index (χ2n) is 6.89. The number of hydrogen-bond donors (Lipinski definition) is 1. The average Bonchev–Trinajstić information content (AvgIpc) is 2.70. The molecule has 0 bridgehead atoms. The van der Waals surface area contributed by atoms with Crippen LogP contribution >= 0.6 is 0 Å². The first kappa shape index (κ1) is 18.8. The summed E-state index contributed by atoms with van der Waals surface area (Å²) in [5.74, 6) is -0.169. The number of carbonyl (C=O) groups excluding carboxylic acids is 1. The van der Waals surface area contributed by atoms with Crippen molar-refractivity contribution in [3.8, 4) is 0 Å². The Balaban J connectivity index is 1.65. The van der Waals surface area contributed by atoms with Gasteiger partial charge in [-0.1, -0.05) is 25.1 Å². The van der Waals surface area contributed by atoms with Gasteiger partial charge in [-0.05, 0) is 72.6 Å². The lowest BCUT2D eigenvalue weighted by Crippen LogP contribution is -2.26. The van der Waals surface area contributed by atoms with Crippen LogP contribution in [0.3, 0.4) is 0 Å². The summed E-state index contributed by atoms with van der Waals surface area (Å²) in [4.78, 5) is 22.6. The molecule has 0 saturated carbocycles. The summed E-state index contributed by atoms with van der Waals surface area (Å²) in [5.41, 5.74) is 4.78. The number of benzene rings is 2. The fourth-order valence-electron chi connectivity index (χ4n) is 3.49. The number of amides is 1. The van der Waals surface area contributed by atoms with E-state index in [9.17, 15) is 14.9 Å². The molecule has 0 heterocycles. The lowest BCUT2D eigenvalue weighted by atomic mass is 9.89. The van der Waals surface area contributed by atoms with Gasteiger partial charge in [0.15, 0.2) is 0 Å². The van der Waals surface area contributed by atoms with Gasteiger partial charge >= 0.3 is 0 Å². The van der Waals surface area contributed by atoms with Crippen molar-refractivity contribution >= 4 is 17.7 Å². The zero-order chi connectivity index (χ0) is 19.2. The quantitative estimate of drug-likeness (QED) is 0.456. The molecule has 2 aromatic carbocycles. The summed E-state index contributed by atoms with van der Waals surface area (Å²) >= 11 is 0. The Labute approximate surface area is 159 Å². The molecule has 0 aliphatic heterocycles. The number of hydrogen-bond acceptors (Lipinski definition) is 3. The minimum Gasteiger partial charge on any atom is -0.346 e. The molecule has 0 aromatic heterocycles. The summed E-state index contributed by atoms with van der Waals surface area (Å²) < 4.78 is 0. The third-order valence-corrected chi connectivity index (χ3v) is 5.03. The molecule has 1 aliphatic carbocycles. The monoisotopic (exact) mass is 364 g/mol. The molecule has 1 aliphatic rings. The van der Waals surface area contributed by atoms with Gasteiger partial charge in [-0.15, -0.1) is 0 Å². The lowest BCUT2D eigenvalue weighted by molar-refractivity contribution is -0.384. The second-order valence-corrected chi connectivity index (χ2v) is 6.89. The predicted molar refractivity (Wildman–Crippen MR) is 106 cm³/mol. The Morgan fingerprint density at radius 1 is 1.15 bits per heavy atom. The Hall–Kier alpha value is -2.95. The molecule has 2 aromatic rings. The van der Waals surface area contributed by atoms with Gasteiger partial charge in [0.2, 0.25) is 5.91 Å². The molecule has 27 heavy (non-hydrogen) atoms. The van der Waals surface area contributed by atoms with Crippen LogP contribution in [-0.2, 0) is 17.6 Å². The molecular weight excluding hydrogens is 340 g/mol. The van der Waals surface area contributed by atoms with Gasteiger partial charge < -0.3 is 5.32 Å². The fraction of sp³-hybridized carbons (Fsp3) is 0.318. The second kappa shape index (κ2) is 8.62. The van der Waals surface area contributed by atoms with Gasteiger partial charge in [-0.25, -0.2) is 0 Å². The average molecular weight is 364 g/mol. The minimum absolute atomic E-state index is 0.0220. The van der Waals surface area contributed by atoms with Gasteiger partial charge in [-0.3, -0.25) is 14.9 Å². The van der Waals surface area contributed by atoms with Crippen LogP contribution in [-0.4, -0.2) is 10.8 Å². The van der Waals surface area contributed by atoms with Gasteiger partial charge in [0.05, 0.1) is 11.0 Å². The van der Waals surface area contributed by atoms with Gasteiger partial charge in [-0.2, -0.15) is 0 Å². The maximum atomic E-state index is 12.3. The van der Waals surface area contributed by atoms with E-state index in [0.29, 0.717) is 0 Å². The summed E-state index contributed by atoms with van der Waals surface area (Å²) in [6, 6.07) is 12.7. The number of aryl methyl sites for hydroxylation is 2. The zero-order valence-corrected chi connectivity index (χ0v) is 15.5. The molecule has 0 spiro atoms. The van der Waals surface area contributed by atoms with E-state index in [1.54, 1.807) is 18.2 Å². The van der Waals surface area contributed by atoms with Crippen LogP contribution in [0.1, 0.15) is 54.5 Å². The van der Waals surface area contributed by atoms with Crippen molar-refractivity contribution < 1.29 is 9.72 Å². The molecule has 5 heteroatoms. The van der Waals surface area contributed by atoms with Crippen LogP contribution in [0.4, 0.5) is 5.69 Å². The Bertz CT molecular complexity index is 856. The number of carbonyl (C=O) groups is 1. The topological polar surface area (TPSA) is 72.2 Å². The van der Waals surface area contributed by atoms with Crippen LogP contribution in [0.25, 0.3) is 6.08 Å². The SMILES string of the molecule is CCC(NC(=O)/C=C/c1ccc([N+](=O)[O-])cc1)c1ccc2c(c1)CCCC2. The normalized spacial score (nSPS) is 14.6. The number of nitro benzene ring substituents is 1. The molecule has 0 fully saturated rings. The fourth-order valence-corrected chi connectivity index (χ4v) is 3.49. The highest BCUT2D eigenvalue weighted by Gasteiger charge is 2.15. The predicted octanol–water partition coefficient (Wildman–Crippen LogP) is 4.75. The van der Waals surface area contributed by atoms with E-state index >= 15 is 0 Å². The maximum Gasteiger partial charge on any atom is 0.269 e. The first-order valence-corrected chi connectivity index (χ1v) is 9.41. The first-order valence-electron chi connectivity index (χ1n) is 9.41. The summed E-state index contributed by atoms with van der Waals surface area (Å²) in [6.07, 6.45) is 8.71. The van der Waals surface area contributed by atoms with E-state index in [4.69, 9.17) is 0 Å². The van der Waals surface area contributed by atoms with Crippen molar-refractivity contribution in [2.24, 2.45) is 0 Å². The van der Waals surface area contributed by atoms with Crippen molar-refractivity contribution in [2.75, 3.05) is 0 Å². The van der Waals surface area contributed by atoms with Gasteiger partial charge in [0, 0.05) is 18.2 Å². The molecule has 0 radical (unpaired) electrons. The van der Waals surface area contributed by atoms with Crippen molar-refractivity contribution in [1.82, 2.24) is 5.32 Å². The molecule has 140 valence electrons. The van der Waals surface area contributed by atoms with E-state index in [-0.39, 0.29) is 17.6 Å². The number of fused-ring (bicyclic) bond motifs is 1. The molecule has 5 nitrogen and oxygen atoms in total. The maximum absolute atomic E-state index is 12.3. The summed E-state index contributed by atoms with van der Waals surface area (Å²) in [7, 11) is 0. The van der Waals surface area contributed by atoms with Crippen LogP contribution in [0.2, 0.25) is 0 Å². The Morgan fingerprint density at radius 3 is 2.52 bits per heavy atom. The molecule has 0 saturated heterocycles. The highest BCUT2D eigenvalue weighted by Crippen LogP contribution is 2.26. The molecule has 1 amide bonds. The smallest absolute Gasteiger partial charge is 0.269 e. The molecule has 3 rings (SSSR count). The van der Waals surface area contributed by atoms with E-state index in [2.05, 4.69) is 30.4 Å². The van der Waals surface area contributed by atoms with Crippen LogP contribution in [0, 0.1) is 10.1 Å². The number of non-ortho nitro benzene ring substituents is 1. The minimum atomic E-state index is -0.440. The number of nitrogens with zero attached hydrogens (tertiary/aromatic N) is 1. The highest BCUT2D eigenvalue weighted by molar-refractivity contribution is 5.92. The van der Waals surface area contributed by atoms with Crippen molar-refractivity contribution in [2.45, 2.75) is 45.1 Å². The van der Waals surface area contributed by atoms with E-state index in [0.717, 1.165) is 30.4 Å². The van der Waals surface area contributed by atoms with Crippen molar-refractivity contribution in [1.29, 1.82) is 0 Å². The third kappa shape index (κ3) is 4.82. The summed E-state index contributed by atoms with van der Waals surface area (Å²) in [6.45, 7) is 2.06. The number of nitrogens with one attached hydrogen (secondary N) is 1. The number of rotatable bonds is 6. The van der Waals surface area contributed by atoms with Crippen LogP contribution in [0.5, 0.6) is 0 Å². The van der Waals surface area contributed by atoms with Crippen molar-refractivity contribution in [3.05, 3.63) is 80.9 Å². The molecule has 1 atom stereocenters. The van der Waals surface area contributed by atoms with Crippen LogP contribution in [0.15, 0.2) is 48.5 Å². The largest absolute Gasteiger partial charge is 0.346 e. The Morgan fingerprint density at radius 2 is 1.85 bits per heavy atom. The standard InChI is InChI=1S/C22H24N2O3/c1-2-21(19-11-10-17-5-3-4-6-18(17)15-19)23-22(25)14-9-16-7-12-20(13-8-16)24(26)27/h7-15,21H,2-6H2,1H3,(H,23,25)/b14-9+. The molecule has 1 unspecified atom stereocenters. The molecular formula is C22H24N2O3. The van der Waals surface area contributed by atoms with E-state index in [1.165, 1.54) is 42.2 Å². The van der Waals surface area contributed by atoms with Crippen molar-refractivity contribution in [3.63, 3.8) is 0 Å². The van der Waals surface area contributed by atoms with Crippen LogP contribution < -0.4 is 5.32 Å². The van der Waals surface area contributed by atoms with Gasteiger partial charge in [0.1, 0.15) is 0 Å². The lowest BCUT2D eigenvalue weighted by Gasteiger charge is -2.21.